The van der Waals surface area contributed by atoms with Gasteiger partial charge in [0.2, 0.25) is 0 Å². The first-order valence-corrected chi connectivity index (χ1v) is 6.40. The van der Waals surface area contributed by atoms with Crippen LogP contribution in [0.2, 0.25) is 0 Å². The van der Waals surface area contributed by atoms with Crippen LogP contribution in [0.4, 0.5) is 0 Å². The van der Waals surface area contributed by atoms with Crippen LogP contribution in [0.3, 0.4) is 0 Å². The van der Waals surface area contributed by atoms with Crippen molar-refractivity contribution in [1.82, 2.24) is 9.78 Å². The maximum atomic E-state index is 6.46. The molecule has 0 aliphatic rings. The number of rotatable bonds is 4. The van der Waals surface area contributed by atoms with Gasteiger partial charge in [0.25, 0.3) is 0 Å². The molecule has 0 bridgehead atoms. The van der Waals surface area contributed by atoms with Gasteiger partial charge in [-0.25, -0.2) is 0 Å². The molecule has 1 atom stereocenters. The van der Waals surface area contributed by atoms with Crippen LogP contribution in [0, 0.1) is 6.92 Å². The number of hydrogen-bond donors (Lipinski definition) is 1. The Morgan fingerprint density at radius 2 is 1.94 bits per heavy atom. The van der Waals surface area contributed by atoms with Crippen LogP contribution in [0.25, 0.3) is 0 Å². The summed E-state index contributed by atoms with van der Waals surface area (Å²) in [5, 5.41) is 4.47. The van der Waals surface area contributed by atoms with Gasteiger partial charge in [-0.3, -0.25) is 4.68 Å². The van der Waals surface area contributed by atoms with Gasteiger partial charge in [-0.1, -0.05) is 30.3 Å². The highest BCUT2D eigenvalue weighted by Gasteiger charge is 2.23. The fourth-order valence-corrected chi connectivity index (χ4v) is 2.31. The van der Waals surface area contributed by atoms with Crippen LogP contribution in [0.1, 0.15) is 30.8 Å². The maximum absolute atomic E-state index is 6.46. The lowest BCUT2D eigenvalue weighted by Crippen LogP contribution is -2.36. The number of aromatic nitrogens is 2. The molecule has 1 aromatic carbocycles. The number of aryl methyl sites for hydroxylation is 2. The van der Waals surface area contributed by atoms with Crippen molar-refractivity contribution < 1.29 is 0 Å². The third-order valence-corrected chi connectivity index (χ3v) is 3.27. The quantitative estimate of drug-likeness (QED) is 0.897. The van der Waals surface area contributed by atoms with Crippen molar-refractivity contribution in [2.24, 2.45) is 5.73 Å². The monoisotopic (exact) mass is 243 g/mol. The molecular weight excluding hydrogens is 222 g/mol. The van der Waals surface area contributed by atoms with Crippen LogP contribution in [-0.2, 0) is 18.5 Å². The van der Waals surface area contributed by atoms with Crippen molar-refractivity contribution in [3.8, 4) is 0 Å². The van der Waals surface area contributed by atoms with Gasteiger partial charge in [0.15, 0.2) is 0 Å². The summed E-state index contributed by atoms with van der Waals surface area (Å²) in [6, 6.07) is 12.4. The Hall–Kier alpha value is -1.61. The maximum Gasteiger partial charge on any atom is 0.0596 e. The topological polar surface area (TPSA) is 43.8 Å². The first-order chi connectivity index (χ1) is 8.53. The van der Waals surface area contributed by atoms with E-state index < -0.39 is 0 Å². The van der Waals surface area contributed by atoms with Crippen molar-refractivity contribution in [1.29, 1.82) is 0 Å². The average Bonchev–Trinajstić information content (AvgIpc) is 2.70. The highest BCUT2D eigenvalue weighted by atomic mass is 15.3. The van der Waals surface area contributed by atoms with Gasteiger partial charge in [-0.2, -0.15) is 5.10 Å². The number of benzene rings is 1. The van der Waals surface area contributed by atoms with E-state index in [0.717, 1.165) is 24.2 Å². The van der Waals surface area contributed by atoms with E-state index in [1.807, 2.05) is 29.8 Å². The summed E-state index contributed by atoms with van der Waals surface area (Å²) in [7, 11) is 0. The van der Waals surface area contributed by atoms with E-state index >= 15 is 0 Å². The zero-order chi connectivity index (χ0) is 13.2. The van der Waals surface area contributed by atoms with Crippen LogP contribution >= 0.6 is 0 Å². The Balaban J connectivity index is 2.27. The van der Waals surface area contributed by atoms with E-state index in [2.05, 4.69) is 37.1 Å². The summed E-state index contributed by atoms with van der Waals surface area (Å²) in [5.41, 5.74) is 9.51. The first-order valence-electron chi connectivity index (χ1n) is 6.40. The molecule has 0 aliphatic carbocycles. The predicted octanol–water partition coefficient (Wildman–Crippen LogP) is 2.63. The second kappa shape index (κ2) is 4.94. The molecule has 2 rings (SSSR count). The van der Waals surface area contributed by atoms with Gasteiger partial charge < -0.3 is 5.73 Å². The Morgan fingerprint density at radius 1 is 1.28 bits per heavy atom. The molecule has 0 radical (unpaired) electrons. The fourth-order valence-electron chi connectivity index (χ4n) is 2.31. The molecule has 3 heteroatoms. The van der Waals surface area contributed by atoms with E-state index in [9.17, 15) is 0 Å². The SMILES string of the molecule is CCn1nc(C)cc1CC(C)(N)c1ccccc1. The van der Waals surface area contributed by atoms with Crippen LogP contribution in [0.15, 0.2) is 36.4 Å². The summed E-state index contributed by atoms with van der Waals surface area (Å²) in [5.74, 6) is 0. The van der Waals surface area contributed by atoms with E-state index in [1.165, 1.54) is 5.69 Å². The Bertz CT molecular complexity index is 512. The number of nitrogens with zero attached hydrogens (tertiary/aromatic N) is 2. The molecule has 0 aliphatic heterocycles. The Labute approximate surface area is 109 Å². The molecule has 1 unspecified atom stereocenters. The van der Waals surface area contributed by atoms with Crippen molar-refractivity contribution in [3.05, 3.63) is 53.3 Å². The van der Waals surface area contributed by atoms with E-state index in [4.69, 9.17) is 5.73 Å². The molecule has 0 saturated carbocycles. The van der Waals surface area contributed by atoms with Crippen LogP contribution in [0.5, 0.6) is 0 Å². The summed E-state index contributed by atoms with van der Waals surface area (Å²) >= 11 is 0. The summed E-state index contributed by atoms with van der Waals surface area (Å²) < 4.78 is 2.03. The summed E-state index contributed by atoms with van der Waals surface area (Å²) in [6.07, 6.45) is 0.797. The third kappa shape index (κ3) is 2.62. The average molecular weight is 243 g/mol. The molecule has 0 saturated heterocycles. The second-order valence-electron chi connectivity index (χ2n) is 5.05. The molecule has 96 valence electrons. The van der Waals surface area contributed by atoms with Crippen molar-refractivity contribution >= 4 is 0 Å². The molecule has 18 heavy (non-hydrogen) atoms. The Kier molecular flexibility index (Phi) is 3.53. The molecule has 2 N–H and O–H groups in total. The first kappa shape index (κ1) is 12.8. The summed E-state index contributed by atoms with van der Waals surface area (Å²) in [6.45, 7) is 7.08. The third-order valence-electron chi connectivity index (χ3n) is 3.27. The number of hydrogen-bond acceptors (Lipinski definition) is 2. The van der Waals surface area contributed by atoms with Gasteiger partial charge in [0, 0.05) is 24.2 Å². The number of nitrogens with two attached hydrogens (primary N) is 1. The molecule has 0 spiro atoms. The minimum atomic E-state index is -0.360. The van der Waals surface area contributed by atoms with Crippen LogP contribution in [-0.4, -0.2) is 9.78 Å². The summed E-state index contributed by atoms with van der Waals surface area (Å²) in [4.78, 5) is 0. The van der Waals surface area contributed by atoms with Crippen LogP contribution < -0.4 is 5.73 Å². The second-order valence-corrected chi connectivity index (χ2v) is 5.05. The van der Waals surface area contributed by atoms with Gasteiger partial charge >= 0.3 is 0 Å². The zero-order valence-electron chi connectivity index (χ0n) is 11.4. The minimum absolute atomic E-state index is 0.360. The lowest BCUT2D eigenvalue weighted by molar-refractivity contribution is 0.464. The fraction of sp³-hybridized carbons (Fsp3) is 0.400. The molecule has 3 nitrogen and oxygen atoms in total. The van der Waals surface area contributed by atoms with E-state index in [1.54, 1.807) is 0 Å². The van der Waals surface area contributed by atoms with Gasteiger partial charge in [-0.15, -0.1) is 0 Å². The van der Waals surface area contributed by atoms with Gasteiger partial charge in [0.1, 0.15) is 0 Å². The van der Waals surface area contributed by atoms with E-state index in [-0.39, 0.29) is 5.54 Å². The molecule has 0 fully saturated rings. The lowest BCUT2D eigenvalue weighted by atomic mass is 9.88. The highest BCUT2D eigenvalue weighted by Crippen LogP contribution is 2.22. The van der Waals surface area contributed by atoms with Crippen molar-refractivity contribution in [3.63, 3.8) is 0 Å². The standard InChI is InChI=1S/C15H21N3/c1-4-18-14(10-12(2)17-18)11-15(3,16)13-8-6-5-7-9-13/h5-10H,4,11,16H2,1-3H3. The van der Waals surface area contributed by atoms with Gasteiger partial charge in [0.05, 0.1) is 5.69 Å². The smallest absolute Gasteiger partial charge is 0.0596 e. The predicted molar refractivity (Wildman–Crippen MR) is 74.3 cm³/mol. The van der Waals surface area contributed by atoms with E-state index in [0.29, 0.717) is 0 Å². The van der Waals surface area contributed by atoms with Crippen molar-refractivity contribution in [2.45, 2.75) is 39.3 Å². The molecule has 2 aromatic rings. The molecule has 1 heterocycles. The zero-order valence-corrected chi connectivity index (χ0v) is 11.4. The lowest BCUT2D eigenvalue weighted by Gasteiger charge is -2.25. The molecule has 0 amide bonds. The Morgan fingerprint density at radius 3 is 2.56 bits per heavy atom. The largest absolute Gasteiger partial charge is 0.321 e. The van der Waals surface area contributed by atoms with Gasteiger partial charge in [-0.05, 0) is 32.4 Å². The molecular formula is C15H21N3. The van der Waals surface area contributed by atoms with Crippen molar-refractivity contribution in [2.75, 3.05) is 0 Å². The minimum Gasteiger partial charge on any atom is -0.321 e. The molecule has 1 aromatic heterocycles. The highest BCUT2D eigenvalue weighted by molar-refractivity contribution is 5.26. The normalized spacial score (nSPS) is 14.4.